The van der Waals surface area contributed by atoms with Crippen molar-refractivity contribution in [2.75, 3.05) is 55.6 Å². The normalized spacial score (nSPS) is 24.7. The SMILES string of the molecule is CC1C(C)C(C)C(C)C1C.CC1C(C)C(C)C(C)C1C.CO.CO.CO.CO.Cc1cc(CN(C)CCN(C)Cc2cc(C)c(O)c(C)c2)cc(C)c1O.[CH3-].[CH3-].[Ti].[Ti]. The van der Waals surface area contributed by atoms with Gasteiger partial charge in [0.2, 0.25) is 0 Å². The number of likely N-dealkylation sites (N-methyl/N-ethyl adjacent to an activating group) is 2. The Kier molecular flexibility index (Phi) is 46.9. The number of nitrogens with zero attached hydrogens (tertiary/aromatic N) is 2. The summed E-state index contributed by atoms with van der Waals surface area (Å²) >= 11 is 0. The van der Waals surface area contributed by atoms with E-state index in [-0.39, 0.29) is 58.3 Å². The van der Waals surface area contributed by atoms with Crippen LogP contribution in [-0.4, -0.2) is 96.1 Å². The van der Waals surface area contributed by atoms with Crippen LogP contribution >= 0.6 is 0 Å². The van der Waals surface area contributed by atoms with E-state index in [0.717, 1.165) is 136 Å². The molecule has 6 N–H and O–H groups in total. The van der Waals surface area contributed by atoms with E-state index in [0.29, 0.717) is 11.5 Å². The third-order valence-electron chi connectivity index (χ3n) is 13.2. The topological polar surface area (TPSA) is 128 Å². The van der Waals surface area contributed by atoms with Crippen molar-refractivity contribution in [2.24, 2.45) is 59.2 Å². The number of phenols is 2. The molecule has 0 unspecified atom stereocenters. The zero-order valence-electron chi connectivity index (χ0n) is 41.5. The molecule has 0 aliphatic heterocycles. The summed E-state index contributed by atoms with van der Waals surface area (Å²) in [4.78, 5) is 4.60. The fourth-order valence-electron chi connectivity index (χ4n) is 8.18. The molecule has 0 radical (unpaired) electrons. The molecule has 342 valence electrons. The molecule has 2 aromatic rings. The molecule has 4 rings (SSSR count). The van der Waals surface area contributed by atoms with Gasteiger partial charge < -0.3 is 55.3 Å². The van der Waals surface area contributed by atoms with Gasteiger partial charge in [0.25, 0.3) is 0 Å². The number of aromatic hydroxyl groups is 2. The fourth-order valence-corrected chi connectivity index (χ4v) is 8.18. The molecule has 2 fully saturated rings. The van der Waals surface area contributed by atoms with Crippen LogP contribution in [0.4, 0.5) is 0 Å². The molecule has 2 aromatic carbocycles. The predicted octanol–water partition coefficient (Wildman–Crippen LogP) is 9.59. The molecule has 0 saturated heterocycles. The first-order chi connectivity index (χ1) is 25.3. The number of aliphatic hydroxyl groups excluding tert-OH is 4. The zero-order chi connectivity index (χ0) is 43.2. The Labute approximate surface area is 390 Å². The number of rotatable bonds is 7. The van der Waals surface area contributed by atoms with Crippen LogP contribution in [0.2, 0.25) is 0 Å². The largest absolute Gasteiger partial charge is 0.507 e. The van der Waals surface area contributed by atoms with Gasteiger partial charge in [0, 0.05) is 98.1 Å². The minimum Gasteiger partial charge on any atom is -0.507 e. The molecule has 0 spiro atoms. The molecule has 58 heavy (non-hydrogen) atoms. The summed E-state index contributed by atoms with van der Waals surface area (Å²) in [5.74, 6) is 10.1. The Balaban J connectivity index is -0.000000136. The van der Waals surface area contributed by atoms with E-state index in [2.05, 4.69) is 117 Å². The molecule has 2 aliphatic carbocycles. The maximum Gasteiger partial charge on any atom is 0.121 e. The monoisotopic (exact) mass is 891 g/mol. The van der Waals surface area contributed by atoms with Crippen LogP contribution in [0.25, 0.3) is 0 Å². The van der Waals surface area contributed by atoms with Gasteiger partial charge >= 0.3 is 0 Å². The number of hydrogen-bond acceptors (Lipinski definition) is 8. The van der Waals surface area contributed by atoms with Crippen LogP contribution in [0.15, 0.2) is 24.3 Å². The van der Waals surface area contributed by atoms with E-state index in [1.165, 1.54) is 11.1 Å². The minimum atomic E-state index is 0. The maximum absolute atomic E-state index is 9.90. The smallest absolute Gasteiger partial charge is 0.121 e. The minimum absolute atomic E-state index is 0. The molecule has 10 heteroatoms. The molecule has 2 saturated carbocycles. The van der Waals surface area contributed by atoms with Crippen LogP contribution in [-0.2, 0) is 56.5 Å². The third-order valence-corrected chi connectivity index (χ3v) is 13.2. The first-order valence-electron chi connectivity index (χ1n) is 20.0. The van der Waals surface area contributed by atoms with Gasteiger partial charge in [-0.05, 0) is 134 Å². The molecule has 2 aliphatic rings. The van der Waals surface area contributed by atoms with E-state index in [1.807, 2.05) is 27.7 Å². The van der Waals surface area contributed by atoms with Gasteiger partial charge in [-0.25, -0.2) is 0 Å². The predicted molar refractivity (Wildman–Crippen MR) is 245 cm³/mol. The van der Waals surface area contributed by atoms with Gasteiger partial charge in [-0.15, -0.1) is 0 Å². The van der Waals surface area contributed by atoms with Crippen molar-refractivity contribution in [3.63, 3.8) is 0 Å². The summed E-state index contributed by atoms with van der Waals surface area (Å²) in [7, 11) is 8.25. The molecule has 0 bridgehead atoms. The van der Waals surface area contributed by atoms with Crippen molar-refractivity contribution in [3.8, 4) is 11.5 Å². The second-order valence-electron chi connectivity index (χ2n) is 16.2. The quantitative estimate of drug-likeness (QED) is 0.120. The number of aliphatic hydroxyl groups is 4. The summed E-state index contributed by atoms with van der Waals surface area (Å²) in [5, 5.41) is 47.8. The van der Waals surface area contributed by atoms with Crippen molar-refractivity contribution >= 4 is 0 Å². The Morgan fingerprint density at radius 2 is 0.517 bits per heavy atom. The van der Waals surface area contributed by atoms with Gasteiger partial charge in [-0.3, -0.25) is 0 Å². The summed E-state index contributed by atoms with van der Waals surface area (Å²) < 4.78 is 0. The molecule has 8 nitrogen and oxygen atoms in total. The Morgan fingerprint density at radius 3 is 0.655 bits per heavy atom. The van der Waals surface area contributed by atoms with Crippen molar-refractivity contribution in [2.45, 2.75) is 110 Å². The molecule has 0 aromatic heterocycles. The standard InChI is InChI=1S/C22H32N2O2.2C10H20.4CH4O.2CH3.2Ti/c1-15-9-19(10-16(2)21(15)25)13-23(5)7-8-24(6)14-20-11-17(3)22(26)18(4)12-20;2*1-6-7(2)9(4)10(5)8(6)3;4*1-2;;;;/h9-12,25-26H,7-8,13-14H2,1-6H3;2*6-10H,1-5H3;4*2H,1H3;2*1H3;;/q;;;;;;;2*-1;;. The number of hydrogen-bond donors (Lipinski definition) is 6. The van der Waals surface area contributed by atoms with E-state index in [1.54, 1.807) is 0 Å². The summed E-state index contributed by atoms with van der Waals surface area (Å²) in [5.41, 5.74) is 6.19. The molecule has 0 amide bonds. The number of phenolic OH excluding ortho intramolecular Hbond substituents is 2. The zero-order valence-corrected chi connectivity index (χ0v) is 44.6. The van der Waals surface area contributed by atoms with Gasteiger partial charge in [-0.2, -0.15) is 0 Å². The Hall–Kier alpha value is -0.771. The van der Waals surface area contributed by atoms with E-state index < -0.39 is 0 Å². The van der Waals surface area contributed by atoms with Crippen molar-refractivity contribution in [3.05, 3.63) is 72.5 Å². The van der Waals surface area contributed by atoms with Gasteiger partial charge in [0.1, 0.15) is 11.5 Å². The first kappa shape index (κ1) is 71.7. The van der Waals surface area contributed by atoms with Crippen LogP contribution in [0.1, 0.15) is 103 Å². The van der Waals surface area contributed by atoms with Crippen molar-refractivity contribution in [1.82, 2.24) is 9.80 Å². The molecule has 0 atom stereocenters. The van der Waals surface area contributed by atoms with E-state index in [4.69, 9.17) is 20.4 Å². The second-order valence-corrected chi connectivity index (χ2v) is 16.2. The number of aryl methyl sites for hydroxylation is 4. The molecular formula is C48H94N2O6Ti2-2. The number of benzene rings is 2. The average Bonchev–Trinajstić information content (AvgIpc) is 3.44. The van der Waals surface area contributed by atoms with Crippen LogP contribution in [0.5, 0.6) is 11.5 Å². The van der Waals surface area contributed by atoms with Crippen molar-refractivity contribution < 1.29 is 74.1 Å². The van der Waals surface area contributed by atoms with Gasteiger partial charge in [-0.1, -0.05) is 93.5 Å². The summed E-state index contributed by atoms with van der Waals surface area (Å²) in [6.07, 6.45) is 0. The van der Waals surface area contributed by atoms with Gasteiger partial charge in [0.15, 0.2) is 0 Å². The van der Waals surface area contributed by atoms with E-state index in [9.17, 15) is 10.2 Å². The third kappa shape index (κ3) is 22.9. The van der Waals surface area contributed by atoms with Gasteiger partial charge in [0.05, 0.1) is 0 Å². The molecular weight excluding hydrogens is 796 g/mol. The fraction of sp³-hybridized carbons (Fsp3) is 0.708. The van der Waals surface area contributed by atoms with Crippen LogP contribution in [0, 0.1) is 102 Å². The first-order valence-corrected chi connectivity index (χ1v) is 20.0. The maximum atomic E-state index is 9.90. The van der Waals surface area contributed by atoms with Crippen molar-refractivity contribution in [1.29, 1.82) is 0 Å². The summed E-state index contributed by atoms with van der Waals surface area (Å²) in [6, 6.07) is 8.24. The Morgan fingerprint density at radius 1 is 0.379 bits per heavy atom. The van der Waals surface area contributed by atoms with E-state index >= 15 is 0 Å². The van der Waals surface area contributed by atoms with Crippen LogP contribution in [0.3, 0.4) is 0 Å². The molecule has 0 heterocycles. The summed E-state index contributed by atoms with van der Waals surface area (Å²) in [6.45, 7) is 35.4. The Bertz CT molecular complexity index is 1040. The average molecular weight is 891 g/mol. The van der Waals surface area contributed by atoms with Crippen LogP contribution < -0.4 is 0 Å². The second kappa shape index (κ2) is 37.9.